The van der Waals surface area contributed by atoms with Crippen molar-refractivity contribution >= 4 is 22.8 Å². The van der Waals surface area contributed by atoms with Crippen molar-refractivity contribution in [1.29, 1.82) is 0 Å². The molecule has 94 valence electrons. The van der Waals surface area contributed by atoms with Gasteiger partial charge < -0.3 is 4.57 Å². The number of rotatable bonds is 3. The van der Waals surface area contributed by atoms with Gasteiger partial charge in [-0.1, -0.05) is 6.92 Å². The molecule has 0 aromatic carbocycles. The zero-order valence-corrected chi connectivity index (χ0v) is 11.8. The molecule has 17 heavy (non-hydrogen) atoms. The van der Waals surface area contributed by atoms with Crippen LogP contribution in [0, 0.1) is 6.92 Å². The van der Waals surface area contributed by atoms with Crippen LogP contribution in [0.5, 0.6) is 0 Å². The van der Waals surface area contributed by atoms with Gasteiger partial charge >= 0.3 is 0 Å². The van der Waals surface area contributed by atoms with E-state index >= 15 is 0 Å². The minimum absolute atomic E-state index is 0.000787. The Morgan fingerprint density at radius 2 is 2.00 bits per heavy atom. The Morgan fingerprint density at radius 3 is 2.53 bits per heavy atom. The lowest BCUT2D eigenvalue weighted by Gasteiger charge is -2.27. The molecule has 2 rings (SSSR count). The topological polar surface area (TPSA) is 35.6 Å². The summed E-state index contributed by atoms with van der Waals surface area (Å²) in [6, 6.07) is 0. The van der Waals surface area contributed by atoms with E-state index in [1.165, 1.54) is 0 Å². The van der Waals surface area contributed by atoms with Gasteiger partial charge in [0.15, 0.2) is 5.65 Å². The summed E-state index contributed by atoms with van der Waals surface area (Å²) in [5.41, 5.74) is 2.98. The molecule has 0 aliphatic rings. The Balaban J connectivity index is 2.83. The van der Waals surface area contributed by atoms with Crippen LogP contribution < -0.4 is 0 Å². The highest BCUT2D eigenvalue weighted by atomic mass is 35.5. The van der Waals surface area contributed by atoms with Crippen LogP contribution in [0.3, 0.4) is 0 Å². The van der Waals surface area contributed by atoms with Crippen molar-refractivity contribution in [2.45, 2.75) is 45.5 Å². The molecule has 2 aromatic heterocycles. The summed E-state index contributed by atoms with van der Waals surface area (Å²) >= 11 is 6.02. The number of hydrogen-bond acceptors (Lipinski definition) is 2. The van der Waals surface area contributed by atoms with Gasteiger partial charge in [0, 0.05) is 12.6 Å². The first-order valence-electron chi connectivity index (χ1n) is 5.89. The second-order valence-electron chi connectivity index (χ2n) is 5.04. The number of halogens is 1. The van der Waals surface area contributed by atoms with Gasteiger partial charge in [0.2, 0.25) is 0 Å². The van der Waals surface area contributed by atoms with E-state index in [9.17, 15) is 0 Å². The lowest BCUT2D eigenvalue weighted by molar-refractivity contribution is 0.339. The van der Waals surface area contributed by atoms with Crippen molar-refractivity contribution in [3.05, 3.63) is 11.5 Å². The normalized spacial score (nSPS) is 12.6. The Labute approximate surface area is 107 Å². The predicted octanol–water partition coefficient (Wildman–Crippen LogP) is 2.96. The van der Waals surface area contributed by atoms with Gasteiger partial charge in [-0.15, -0.1) is 11.6 Å². The fourth-order valence-electron chi connectivity index (χ4n) is 2.20. The van der Waals surface area contributed by atoms with Gasteiger partial charge in [-0.3, -0.25) is 4.68 Å². The molecule has 0 aliphatic carbocycles. The average Bonchev–Trinajstić information content (AvgIpc) is 2.78. The molecule has 0 N–H and O–H groups in total. The van der Waals surface area contributed by atoms with E-state index in [0.717, 1.165) is 29.1 Å². The zero-order chi connectivity index (χ0) is 12.8. The highest BCUT2D eigenvalue weighted by molar-refractivity contribution is 6.16. The second-order valence-corrected chi connectivity index (χ2v) is 5.31. The quantitative estimate of drug-likeness (QED) is 0.790. The van der Waals surface area contributed by atoms with Crippen LogP contribution in [-0.2, 0) is 18.5 Å². The Hall–Kier alpha value is -1.03. The Morgan fingerprint density at radius 1 is 1.35 bits per heavy atom. The van der Waals surface area contributed by atoms with Crippen LogP contribution in [0.4, 0.5) is 0 Å². The third-order valence-electron chi connectivity index (χ3n) is 3.46. The van der Waals surface area contributed by atoms with Crippen LogP contribution in [0.2, 0.25) is 0 Å². The van der Waals surface area contributed by atoms with Crippen molar-refractivity contribution in [3.63, 3.8) is 0 Å². The lowest BCUT2D eigenvalue weighted by atomic mass is 10.0. The smallest absolute Gasteiger partial charge is 0.159 e. The predicted molar refractivity (Wildman–Crippen MR) is 70.4 cm³/mol. The molecule has 0 unspecified atom stereocenters. The number of imidazole rings is 1. The summed E-state index contributed by atoms with van der Waals surface area (Å²) in [7, 11) is 1.96. The molecule has 0 bridgehead atoms. The molecule has 5 heteroatoms. The first kappa shape index (κ1) is 12.4. The van der Waals surface area contributed by atoms with E-state index in [2.05, 4.69) is 35.4 Å². The second kappa shape index (κ2) is 4.02. The van der Waals surface area contributed by atoms with Gasteiger partial charge in [0.25, 0.3) is 0 Å². The van der Waals surface area contributed by atoms with Crippen molar-refractivity contribution < 1.29 is 0 Å². The van der Waals surface area contributed by atoms with Crippen molar-refractivity contribution in [2.75, 3.05) is 0 Å². The van der Waals surface area contributed by atoms with Gasteiger partial charge in [-0.25, -0.2) is 4.98 Å². The van der Waals surface area contributed by atoms with Gasteiger partial charge in [-0.2, -0.15) is 5.10 Å². The van der Waals surface area contributed by atoms with Crippen LogP contribution in [0.1, 0.15) is 38.7 Å². The van der Waals surface area contributed by atoms with E-state index in [-0.39, 0.29) is 5.54 Å². The maximum atomic E-state index is 6.02. The van der Waals surface area contributed by atoms with Gasteiger partial charge in [0.1, 0.15) is 11.3 Å². The fourth-order valence-corrected chi connectivity index (χ4v) is 2.38. The third-order valence-corrected chi connectivity index (χ3v) is 3.70. The van der Waals surface area contributed by atoms with E-state index in [1.54, 1.807) is 0 Å². The number of fused-ring (bicyclic) bond motifs is 1. The van der Waals surface area contributed by atoms with Gasteiger partial charge in [-0.05, 0) is 27.2 Å². The average molecular weight is 255 g/mol. The number of aryl methyl sites for hydroxylation is 2. The van der Waals surface area contributed by atoms with E-state index in [4.69, 9.17) is 11.6 Å². The molecule has 4 nitrogen and oxygen atoms in total. The van der Waals surface area contributed by atoms with Crippen LogP contribution >= 0.6 is 11.6 Å². The van der Waals surface area contributed by atoms with Crippen LogP contribution in [-0.4, -0.2) is 19.3 Å². The number of nitrogens with zero attached hydrogens (tertiary/aromatic N) is 4. The third kappa shape index (κ3) is 1.75. The molecule has 0 atom stereocenters. The summed E-state index contributed by atoms with van der Waals surface area (Å²) in [6.07, 6.45) is 1.02. The molecule has 0 aliphatic heterocycles. The molecule has 2 aromatic rings. The number of alkyl halides is 1. The van der Waals surface area contributed by atoms with E-state index in [0.29, 0.717) is 5.88 Å². The van der Waals surface area contributed by atoms with Crippen molar-refractivity contribution in [3.8, 4) is 0 Å². The minimum Gasteiger partial charge on any atom is -0.306 e. The first-order chi connectivity index (χ1) is 7.92. The molecule has 0 fully saturated rings. The summed E-state index contributed by atoms with van der Waals surface area (Å²) in [4.78, 5) is 4.61. The molecule has 0 amide bonds. The molecule has 2 heterocycles. The highest BCUT2D eigenvalue weighted by Gasteiger charge is 2.26. The number of aromatic nitrogens is 4. The summed E-state index contributed by atoms with van der Waals surface area (Å²) < 4.78 is 4.11. The Bertz CT molecular complexity index is 550. The van der Waals surface area contributed by atoms with Crippen molar-refractivity contribution in [2.24, 2.45) is 7.05 Å². The lowest BCUT2D eigenvalue weighted by Crippen LogP contribution is -2.27. The zero-order valence-electron chi connectivity index (χ0n) is 11.1. The molecule has 0 saturated carbocycles. The Kier molecular flexibility index (Phi) is 2.94. The SMILES string of the molecule is CCC(C)(C)n1c(CCl)nc2c(C)nn(C)c21. The van der Waals surface area contributed by atoms with Crippen LogP contribution in [0.15, 0.2) is 0 Å². The van der Waals surface area contributed by atoms with Crippen LogP contribution in [0.25, 0.3) is 11.2 Å². The molecule has 0 radical (unpaired) electrons. The van der Waals surface area contributed by atoms with Gasteiger partial charge in [0.05, 0.1) is 11.6 Å². The fraction of sp³-hybridized carbons (Fsp3) is 0.667. The molecular formula is C12H19ClN4. The molecule has 0 spiro atoms. The van der Waals surface area contributed by atoms with Crippen molar-refractivity contribution in [1.82, 2.24) is 19.3 Å². The minimum atomic E-state index is -0.000787. The monoisotopic (exact) mass is 254 g/mol. The van der Waals surface area contributed by atoms with E-state index in [1.807, 2.05) is 18.7 Å². The highest BCUT2D eigenvalue weighted by Crippen LogP contribution is 2.29. The summed E-state index contributed by atoms with van der Waals surface area (Å²) in [6.45, 7) is 8.56. The number of hydrogen-bond donors (Lipinski definition) is 0. The summed E-state index contributed by atoms with van der Waals surface area (Å²) in [5, 5.41) is 4.42. The van der Waals surface area contributed by atoms with E-state index < -0.39 is 0 Å². The standard InChI is InChI=1S/C12H19ClN4/c1-6-12(3,4)17-9(7-13)14-10-8(2)15-16(5)11(10)17/h6-7H2,1-5H3. The maximum Gasteiger partial charge on any atom is 0.159 e. The molecular weight excluding hydrogens is 236 g/mol. The maximum absolute atomic E-state index is 6.02. The summed E-state index contributed by atoms with van der Waals surface area (Å²) in [5.74, 6) is 1.35. The first-order valence-corrected chi connectivity index (χ1v) is 6.43. The largest absolute Gasteiger partial charge is 0.306 e. The molecule has 0 saturated heterocycles.